The SMILES string of the molecule is Cc1ccc(C(=O)C2CC2(C)C)cc1. The fraction of sp³-hybridized carbons (Fsp3) is 0.462. The maximum Gasteiger partial charge on any atom is 0.166 e. The monoisotopic (exact) mass is 188 g/mol. The van der Waals surface area contributed by atoms with E-state index in [2.05, 4.69) is 13.8 Å². The van der Waals surface area contributed by atoms with Crippen LogP contribution in [0.25, 0.3) is 0 Å². The Balaban J connectivity index is 2.17. The van der Waals surface area contributed by atoms with E-state index in [0.29, 0.717) is 5.78 Å². The van der Waals surface area contributed by atoms with Gasteiger partial charge in [-0.1, -0.05) is 43.7 Å². The minimum absolute atomic E-state index is 0.238. The summed E-state index contributed by atoms with van der Waals surface area (Å²) in [4.78, 5) is 11.9. The van der Waals surface area contributed by atoms with Crippen LogP contribution in [-0.2, 0) is 0 Å². The van der Waals surface area contributed by atoms with Gasteiger partial charge in [0.15, 0.2) is 5.78 Å². The highest BCUT2D eigenvalue weighted by Gasteiger charge is 2.50. The molecule has 0 heterocycles. The number of hydrogen-bond acceptors (Lipinski definition) is 1. The van der Waals surface area contributed by atoms with Crippen LogP contribution in [-0.4, -0.2) is 5.78 Å². The molecule has 1 nitrogen and oxygen atoms in total. The first-order chi connectivity index (χ1) is 6.50. The third-order valence-corrected chi connectivity index (χ3v) is 3.17. The van der Waals surface area contributed by atoms with Crippen molar-refractivity contribution in [2.45, 2.75) is 27.2 Å². The van der Waals surface area contributed by atoms with Crippen molar-refractivity contribution in [2.75, 3.05) is 0 Å². The number of rotatable bonds is 2. The Hall–Kier alpha value is -1.11. The van der Waals surface area contributed by atoms with Crippen molar-refractivity contribution in [3.05, 3.63) is 35.4 Å². The average Bonchev–Trinajstić information content (AvgIpc) is 2.75. The molecule has 0 bridgehead atoms. The van der Waals surface area contributed by atoms with Gasteiger partial charge in [-0.05, 0) is 18.8 Å². The molecule has 14 heavy (non-hydrogen) atoms. The van der Waals surface area contributed by atoms with Crippen molar-refractivity contribution in [1.82, 2.24) is 0 Å². The highest BCUT2D eigenvalue weighted by atomic mass is 16.1. The fourth-order valence-corrected chi connectivity index (χ4v) is 1.83. The predicted molar refractivity (Wildman–Crippen MR) is 57.4 cm³/mol. The van der Waals surface area contributed by atoms with E-state index >= 15 is 0 Å². The maximum atomic E-state index is 11.9. The zero-order valence-electron chi connectivity index (χ0n) is 9.00. The lowest BCUT2D eigenvalue weighted by Crippen LogP contribution is -2.06. The Kier molecular flexibility index (Phi) is 1.99. The summed E-state index contributed by atoms with van der Waals surface area (Å²) in [6, 6.07) is 7.88. The van der Waals surface area contributed by atoms with Crippen molar-refractivity contribution in [1.29, 1.82) is 0 Å². The second-order valence-corrected chi connectivity index (χ2v) is 4.98. The molecule has 1 saturated carbocycles. The van der Waals surface area contributed by atoms with Gasteiger partial charge in [-0.25, -0.2) is 0 Å². The van der Waals surface area contributed by atoms with Gasteiger partial charge in [0.25, 0.3) is 0 Å². The smallest absolute Gasteiger partial charge is 0.166 e. The fourth-order valence-electron chi connectivity index (χ4n) is 1.83. The number of aryl methyl sites for hydroxylation is 1. The van der Waals surface area contributed by atoms with E-state index in [9.17, 15) is 4.79 Å². The number of hydrogen-bond donors (Lipinski definition) is 0. The van der Waals surface area contributed by atoms with Gasteiger partial charge in [0.05, 0.1) is 0 Å². The van der Waals surface area contributed by atoms with Gasteiger partial charge in [0, 0.05) is 11.5 Å². The normalized spacial score (nSPS) is 23.2. The van der Waals surface area contributed by atoms with Gasteiger partial charge in [0.2, 0.25) is 0 Å². The van der Waals surface area contributed by atoms with Crippen LogP contribution in [0.4, 0.5) is 0 Å². The molecule has 74 valence electrons. The third kappa shape index (κ3) is 1.59. The molecular weight excluding hydrogens is 172 g/mol. The summed E-state index contributed by atoms with van der Waals surface area (Å²) in [6.07, 6.45) is 1.04. The van der Waals surface area contributed by atoms with E-state index in [1.54, 1.807) is 0 Å². The number of Topliss-reactive ketones (excluding diaryl/α,β-unsaturated/α-hetero) is 1. The lowest BCUT2D eigenvalue weighted by molar-refractivity contribution is 0.0953. The van der Waals surface area contributed by atoms with Crippen molar-refractivity contribution in [2.24, 2.45) is 11.3 Å². The number of carbonyl (C=O) groups is 1. The molecule has 0 saturated heterocycles. The largest absolute Gasteiger partial charge is 0.294 e. The third-order valence-electron chi connectivity index (χ3n) is 3.17. The first kappa shape index (κ1) is 9.45. The summed E-state index contributed by atoms with van der Waals surface area (Å²) < 4.78 is 0. The molecule has 1 atom stereocenters. The lowest BCUT2D eigenvalue weighted by atomic mass is 10.0. The second-order valence-electron chi connectivity index (χ2n) is 4.98. The van der Waals surface area contributed by atoms with Crippen LogP contribution in [0.1, 0.15) is 36.2 Å². The molecule has 1 aromatic carbocycles. The molecule has 1 aromatic rings. The van der Waals surface area contributed by atoms with Crippen LogP contribution in [0.5, 0.6) is 0 Å². The maximum absolute atomic E-state index is 11.9. The second kappa shape index (κ2) is 2.94. The van der Waals surface area contributed by atoms with Gasteiger partial charge in [0.1, 0.15) is 0 Å². The van der Waals surface area contributed by atoms with E-state index in [1.807, 2.05) is 31.2 Å². The minimum Gasteiger partial charge on any atom is -0.294 e. The van der Waals surface area contributed by atoms with E-state index < -0.39 is 0 Å². The lowest BCUT2D eigenvalue weighted by Gasteiger charge is -2.03. The Morgan fingerprint density at radius 1 is 1.29 bits per heavy atom. The van der Waals surface area contributed by atoms with Gasteiger partial charge < -0.3 is 0 Å². The van der Waals surface area contributed by atoms with E-state index in [4.69, 9.17) is 0 Å². The predicted octanol–water partition coefficient (Wildman–Crippen LogP) is 3.22. The minimum atomic E-state index is 0.238. The average molecular weight is 188 g/mol. The molecular formula is C13H16O. The molecule has 0 spiro atoms. The molecule has 0 amide bonds. The molecule has 0 aromatic heterocycles. The summed E-state index contributed by atoms with van der Waals surface area (Å²) >= 11 is 0. The zero-order valence-corrected chi connectivity index (χ0v) is 9.00. The Bertz CT molecular complexity index is 359. The van der Waals surface area contributed by atoms with E-state index in [1.165, 1.54) is 5.56 Å². The number of ketones is 1. The van der Waals surface area contributed by atoms with Crippen LogP contribution in [0, 0.1) is 18.3 Å². The van der Waals surface area contributed by atoms with E-state index in [-0.39, 0.29) is 11.3 Å². The van der Waals surface area contributed by atoms with E-state index in [0.717, 1.165) is 12.0 Å². The van der Waals surface area contributed by atoms with Crippen LogP contribution < -0.4 is 0 Å². The summed E-state index contributed by atoms with van der Waals surface area (Å²) in [5.41, 5.74) is 2.31. The standard InChI is InChI=1S/C13H16O/c1-9-4-6-10(7-5-9)12(14)11-8-13(11,2)3/h4-7,11H,8H2,1-3H3. The summed E-state index contributed by atoms with van der Waals surface area (Å²) in [5.74, 6) is 0.570. The van der Waals surface area contributed by atoms with Crippen molar-refractivity contribution < 1.29 is 4.79 Å². The quantitative estimate of drug-likeness (QED) is 0.651. The van der Waals surface area contributed by atoms with Gasteiger partial charge in [-0.2, -0.15) is 0 Å². The molecule has 1 heteroatoms. The van der Waals surface area contributed by atoms with Gasteiger partial charge >= 0.3 is 0 Å². The summed E-state index contributed by atoms with van der Waals surface area (Å²) in [7, 11) is 0. The van der Waals surface area contributed by atoms with Crippen molar-refractivity contribution in [3.8, 4) is 0 Å². The van der Waals surface area contributed by atoms with Crippen molar-refractivity contribution >= 4 is 5.78 Å². The first-order valence-corrected chi connectivity index (χ1v) is 5.11. The molecule has 1 aliphatic rings. The number of carbonyl (C=O) groups excluding carboxylic acids is 1. The van der Waals surface area contributed by atoms with Crippen LogP contribution in [0.3, 0.4) is 0 Å². The first-order valence-electron chi connectivity index (χ1n) is 5.11. The molecule has 1 aliphatic carbocycles. The molecule has 0 N–H and O–H groups in total. The van der Waals surface area contributed by atoms with Crippen LogP contribution >= 0.6 is 0 Å². The molecule has 1 fully saturated rings. The summed E-state index contributed by atoms with van der Waals surface area (Å²) in [5, 5.41) is 0. The molecule has 1 unspecified atom stereocenters. The summed E-state index contributed by atoms with van der Waals surface area (Å²) in [6.45, 7) is 6.35. The molecule has 0 radical (unpaired) electrons. The van der Waals surface area contributed by atoms with Gasteiger partial charge in [-0.3, -0.25) is 4.79 Å². The molecule has 0 aliphatic heterocycles. The van der Waals surface area contributed by atoms with Gasteiger partial charge in [-0.15, -0.1) is 0 Å². The highest BCUT2D eigenvalue weighted by molar-refractivity contribution is 6.00. The zero-order chi connectivity index (χ0) is 10.3. The topological polar surface area (TPSA) is 17.1 Å². The Labute approximate surface area is 85.1 Å². The molecule has 2 rings (SSSR count). The number of benzene rings is 1. The van der Waals surface area contributed by atoms with Crippen LogP contribution in [0.2, 0.25) is 0 Å². The Morgan fingerprint density at radius 2 is 1.79 bits per heavy atom. The van der Waals surface area contributed by atoms with Crippen LogP contribution in [0.15, 0.2) is 24.3 Å². The Morgan fingerprint density at radius 3 is 2.21 bits per heavy atom. The van der Waals surface area contributed by atoms with Crippen molar-refractivity contribution in [3.63, 3.8) is 0 Å². The highest BCUT2D eigenvalue weighted by Crippen LogP contribution is 2.53.